The topological polar surface area (TPSA) is 102 Å². The van der Waals surface area contributed by atoms with Gasteiger partial charge in [-0.1, -0.05) is 18.2 Å². The van der Waals surface area contributed by atoms with Gasteiger partial charge in [-0.3, -0.25) is 14.6 Å². The molecule has 9 heteroatoms. The molecular formula is C21H19N5O3S. The molecule has 0 aliphatic carbocycles. The van der Waals surface area contributed by atoms with Crippen molar-refractivity contribution >= 4 is 23.1 Å². The van der Waals surface area contributed by atoms with Gasteiger partial charge in [0, 0.05) is 17.8 Å². The molecule has 0 aliphatic heterocycles. The van der Waals surface area contributed by atoms with Crippen LogP contribution in [0.1, 0.15) is 11.3 Å². The van der Waals surface area contributed by atoms with E-state index >= 15 is 0 Å². The smallest absolute Gasteiger partial charge is 0.252 e. The zero-order valence-electron chi connectivity index (χ0n) is 16.4. The first kappa shape index (κ1) is 19.6. The fraction of sp³-hybridized carbons (Fsp3) is 0.143. The predicted octanol–water partition coefficient (Wildman–Crippen LogP) is 3.18. The lowest BCUT2D eigenvalue weighted by Gasteiger charge is -2.09. The molecule has 0 aliphatic rings. The van der Waals surface area contributed by atoms with Crippen LogP contribution in [0.5, 0.6) is 5.75 Å². The van der Waals surface area contributed by atoms with Gasteiger partial charge in [-0.2, -0.15) is 9.78 Å². The number of ether oxygens (including phenoxy) is 1. The second-order valence-corrected chi connectivity index (χ2v) is 7.54. The van der Waals surface area contributed by atoms with Gasteiger partial charge in [-0.15, -0.1) is 11.3 Å². The first-order valence-electron chi connectivity index (χ1n) is 9.17. The molecule has 0 unspecified atom stereocenters. The van der Waals surface area contributed by atoms with E-state index in [1.807, 2.05) is 41.8 Å². The molecule has 1 aromatic carbocycles. The van der Waals surface area contributed by atoms with Crippen LogP contribution in [0.3, 0.4) is 0 Å². The van der Waals surface area contributed by atoms with Crippen molar-refractivity contribution in [2.24, 2.45) is 0 Å². The molecule has 152 valence electrons. The van der Waals surface area contributed by atoms with Crippen molar-refractivity contribution in [1.82, 2.24) is 19.7 Å². The molecule has 0 spiro atoms. The standard InChI is InChI=1S/C21H19N5O3S/c1-13-10-19(27)24-21(22-13)26-18(12-16(25-26)17-4-3-9-30-17)23-20(28)11-14-5-7-15(29-2)8-6-14/h3-10,12H,11H2,1-2H3,(H,23,28)(H,22,24,27). The number of hydrogen-bond donors (Lipinski definition) is 2. The van der Waals surface area contributed by atoms with Crippen LogP contribution in [-0.4, -0.2) is 32.8 Å². The average molecular weight is 421 g/mol. The van der Waals surface area contributed by atoms with Gasteiger partial charge in [0.1, 0.15) is 17.3 Å². The molecule has 4 rings (SSSR count). The number of aromatic nitrogens is 4. The molecule has 0 atom stereocenters. The summed E-state index contributed by atoms with van der Waals surface area (Å²) in [5.74, 6) is 1.18. The molecule has 3 aromatic heterocycles. The van der Waals surface area contributed by atoms with Crippen LogP contribution < -0.4 is 15.6 Å². The van der Waals surface area contributed by atoms with Gasteiger partial charge in [-0.05, 0) is 36.1 Å². The first-order chi connectivity index (χ1) is 14.5. The Bertz CT molecular complexity index is 1230. The Morgan fingerprint density at radius 2 is 2.03 bits per heavy atom. The second kappa shape index (κ2) is 8.34. The van der Waals surface area contributed by atoms with E-state index in [0.29, 0.717) is 17.2 Å². The van der Waals surface area contributed by atoms with Gasteiger partial charge in [-0.25, -0.2) is 4.98 Å². The number of rotatable bonds is 6. The summed E-state index contributed by atoms with van der Waals surface area (Å²) in [5, 5.41) is 9.38. The number of thiophene rings is 1. The quantitative estimate of drug-likeness (QED) is 0.498. The van der Waals surface area contributed by atoms with Gasteiger partial charge in [0.2, 0.25) is 11.9 Å². The minimum absolute atomic E-state index is 0.182. The number of benzene rings is 1. The summed E-state index contributed by atoms with van der Waals surface area (Å²) < 4.78 is 6.58. The van der Waals surface area contributed by atoms with Gasteiger partial charge in [0.25, 0.3) is 5.56 Å². The number of aromatic amines is 1. The molecule has 0 radical (unpaired) electrons. The highest BCUT2D eigenvalue weighted by atomic mass is 32.1. The first-order valence-corrected chi connectivity index (χ1v) is 10.0. The number of H-pyrrole nitrogens is 1. The minimum atomic E-state index is -0.291. The third-order valence-corrected chi connectivity index (χ3v) is 5.22. The van der Waals surface area contributed by atoms with E-state index in [2.05, 4.69) is 20.4 Å². The Morgan fingerprint density at radius 1 is 1.23 bits per heavy atom. The molecule has 0 fully saturated rings. The van der Waals surface area contributed by atoms with Gasteiger partial charge in [0.15, 0.2) is 0 Å². The monoisotopic (exact) mass is 421 g/mol. The second-order valence-electron chi connectivity index (χ2n) is 6.59. The van der Waals surface area contributed by atoms with Crippen LogP contribution >= 0.6 is 11.3 Å². The van der Waals surface area contributed by atoms with E-state index in [4.69, 9.17) is 4.74 Å². The predicted molar refractivity (Wildman–Crippen MR) is 115 cm³/mol. The van der Waals surface area contributed by atoms with Crippen molar-refractivity contribution in [3.05, 3.63) is 75.5 Å². The fourth-order valence-electron chi connectivity index (χ4n) is 2.96. The van der Waals surface area contributed by atoms with E-state index < -0.39 is 0 Å². The summed E-state index contributed by atoms with van der Waals surface area (Å²) in [6, 6.07) is 14.3. The maximum Gasteiger partial charge on any atom is 0.252 e. The number of anilines is 1. The SMILES string of the molecule is COc1ccc(CC(=O)Nc2cc(-c3cccs3)nn2-c2nc(C)cc(=O)[nH]2)cc1. The number of nitrogens with one attached hydrogen (secondary N) is 2. The van der Waals surface area contributed by atoms with E-state index in [0.717, 1.165) is 16.2 Å². The number of amides is 1. The van der Waals surface area contributed by atoms with Crippen molar-refractivity contribution in [3.63, 3.8) is 0 Å². The van der Waals surface area contributed by atoms with Crippen LogP contribution in [0, 0.1) is 6.92 Å². The Morgan fingerprint density at radius 3 is 2.70 bits per heavy atom. The molecule has 3 heterocycles. The number of aryl methyl sites for hydroxylation is 1. The number of carbonyl (C=O) groups is 1. The lowest BCUT2D eigenvalue weighted by atomic mass is 10.1. The zero-order chi connectivity index (χ0) is 21.1. The van der Waals surface area contributed by atoms with E-state index in [1.54, 1.807) is 20.1 Å². The number of methoxy groups -OCH3 is 1. The maximum absolute atomic E-state index is 12.7. The number of nitrogens with zero attached hydrogens (tertiary/aromatic N) is 3. The maximum atomic E-state index is 12.7. The molecule has 0 bridgehead atoms. The Hall–Kier alpha value is -3.72. The average Bonchev–Trinajstić information content (AvgIpc) is 3.37. The molecular weight excluding hydrogens is 402 g/mol. The highest BCUT2D eigenvalue weighted by Gasteiger charge is 2.16. The van der Waals surface area contributed by atoms with E-state index in [9.17, 15) is 9.59 Å². The highest BCUT2D eigenvalue weighted by molar-refractivity contribution is 7.13. The Labute approximate surface area is 176 Å². The van der Waals surface area contributed by atoms with Crippen LogP contribution in [-0.2, 0) is 11.2 Å². The van der Waals surface area contributed by atoms with Crippen molar-refractivity contribution < 1.29 is 9.53 Å². The third-order valence-electron chi connectivity index (χ3n) is 4.33. The lowest BCUT2D eigenvalue weighted by molar-refractivity contribution is -0.115. The summed E-state index contributed by atoms with van der Waals surface area (Å²) in [7, 11) is 1.59. The van der Waals surface area contributed by atoms with Crippen LogP contribution in [0.15, 0.2) is 58.7 Å². The lowest BCUT2D eigenvalue weighted by Crippen LogP contribution is -2.20. The molecule has 4 aromatic rings. The van der Waals surface area contributed by atoms with Crippen molar-refractivity contribution in [2.45, 2.75) is 13.3 Å². The number of hydrogen-bond acceptors (Lipinski definition) is 6. The third kappa shape index (κ3) is 4.31. The summed E-state index contributed by atoms with van der Waals surface area (Å²) in [4.78, 5) is 32.6. The van der Waals surface area contributed by atoms with Crippen LogP contribution in [0.4, 0.5) is 5.82 Å². The Balaban J connectivity index is 1.65. The molecule has 8 nitrogen and oxygen atoms in total. The zero-order valence-corrected chi connectivity index (χ0v) is 17.2. The minimum Gasteiger partial charge on any atom is -0.497 e. The van der Waals surface area contributed by atoms with Gasteiger partial charge in [0.05, 0.1) is 18.4 Å². The molecule has 2 N–H and O–H groups in total. The number of carbonyl (C=O) groups excluding carboxylic acids is 1. The highest BCUT2D eigenvalue weighted by Crippen LogP contribution is 2.27. The fourth-order valence-corrected chi connectivity index (χ4v) is 3.64. The molecule has 0 saturated carbocycles. The summed E-state index contributed by atoms with van der Waals surface area (Å²) in [6.45, 7) is 1.73. The van der Waals surface area contributed by atoms with Crippen molar-refractivity contribution in [1.29, 1.82) is 0 Å². The van der Waals surface area contributed by atoms with Crippen LogP contribution in [0.25, 0.3) is 16.5 Å². The summed E-state index contributed by atoms with van der Waals surface area (Å²) in [6.07, 6.45) is 0.182. The molecule has 0 saturated heterocycles. The van der Waals surface area contributed by atoms with Gasteiger partial charge < -0.3 is 10.1 Å². The van der Waals surface area contributed by atoms with E-state index in [1.165, 1.54) is 22.1 Å². The summed E-state index contributed by atoms with van der Waals surface area (Å²) >= 11 is 1.53. The Kier molecular flexibility index (Phi) is 5.44. The van der Waals surface area contributed by atoms with Crippen molar-refractivity contribution in [2.75, 3.05) is 12.4 Å². The summed E-state index contributed by atoms with van der Waals surface area (Å²) in [5.41, 5.74) is 1.78. The van der Waals surface area contributed by atoms with Crippen LogP contribution in [0.2, 0.25) is 0 Å². The molecule has 1 amide bonds. The van der Waals surface area contributed by atoms with E-state index in [-0.39, 0.29) is 23.8 Å². The van der Waals surface area contributed by atoms with Gasteiger partial charge >= 0.3 is 0 Å². The normalized spacial score (nSPS) is 10.7. The largest absolute Gasteiger partial charge is 0.497 e. The molecule has 30 heavy (non-hydrogen) atoms. The van der Waals surface area contributed by atoms with Crippen molar-refractivity contribution in [3.8, 4) is 22.3 Å².